The Bertz CT molecular complexity index is 1150. The molecule has 1 fully saturated rings. The van der Waals surface area contributed by atoms with Crippen molar-refractivity contribution in [3.05, 3.63) is 47.2 Å². The van der Waals surface area contributed by atoms with Gasteiger partial charge in [-0.3, -0.25) is 0 Å². The van der Waals surface area contributed by atoms with E-state index in [4.69, 9.17) is 0 Å². The van der Waals surface area contributed by atoms with Crippen LogP contribution in [0.2, 0.25) is 0 Å². The summed E-state index contributed by atoms with van der Waals surface area (Å²) in [4.78, 5) is 13.1. The Morgan fingerprint density at radius 2 is 1.68 bits per heavy atom. The lowest BCUT2D eigenvalue weighted by Gasteiger charge is -2.25. The molecule has 2 aliphatic heterocycles. The van der Waals surface area contributed by atoms with Crippen molar-refractivity contribution in [1.82, 2.24) is 9.97 Å². The molecule has 2 aromatic rings. The van der Waals surface area contributed by atoms with Crippen LogP contribution in [0.15, 0.2) is 30.1 Å². The SMILES string of the molecule is CCN1/C(=C(\C#N)c2nc(C#N)c(C#N)nc2N2CCCCCC2)Nc2ccccc21. The molecular formula is C23H22N8. The van der Waals surface area contributed by atoms with Crippen LogP contribution in [-0.2, 0) is 0 Å². The summed E-state index contributed by atoms with van der Waals surface area (Å²) in [5.74, 6) is 1.11. The van der Waals surface area contributed by atoms with Gasteiger partial charge in [-0.05, 0) is 31.9 Å². The Balaban J connectivity index is 1.93. The molecule has 0 saturated carbocycles. The Kier molecular flexibility index (Phi) is 5.69. The van der Waals surface area contributed by atoms with Crippen LogP contribution in [0.5, 0.6) is 0 Å². The van der Waals surface area contributed by atoms with Crippen molar-refractivity contribution in [1.29, 1.82) is 15.8 Å². The summed E-state index contributed by atoms with van der Waals surface area (Å²) in [5, 5.41) is 32.6. The molecule has 0 atom stereocenters. The lowest BCUT2D eigenvalue weighted by atomic mass is 10.1. The summed E-state index contributed by atoms with van der Waals surface area (Å²) in [5.41, 5.74) is 2.46. The van der Waals surface area contributed by atoms with Crippen LogP contribution < -0.4 is 15.1 Å². The first-order chi connectivity index (χ1) is 15.2. The molecule has 0 radical (unpaired) electrons. The van der Waals surface area contributed by atoms with Gasteiger partial charge in [0, 0.05) is 19.6 Å². The Morgan fingerprint density at radius 3 is 2.32 bits per heavy atom. The van der Waals surface area contributed by atoms with E-state index in [0.717, 1.165) is 50.1 Å². The third-order valence-electron chi connectivity index (χ3n) is 5.61. The van der Waals surface area contributed by atoms with Gasteiger partial charge < -0.3 is 15.1 Å². The van der Waals surface area contributed by atoms with E-state index in [1.54, 1.807) is 0 Å². The van der Waals surface area contributed by atoms with Gasteiger partial charge in [0.15, 0.2) is 17.2 Å². The van der Waals surface area contributed by atoms with Gasteiger partial charge in [0.25, 0.3) is 0 Å². The lowest BCUT2D eigenvalue weighted by molar-refractivity contribution is 0.726. The normalized spacial score (nSPS) is 17.0. The van der Waals surface area contributed by atoms with E-state index in [1.807, 2.05) is 48.2 Å². The Hall–Kier alpha value is -4.09. The largest absolute Gasteiger partial charge is 0.355 e. The second kappa shape index (κ2) is 8.73. The van der Waals surface area contributed by atoms with Crippen LogP contribution in [-0.4, -0.2) is 29.6 Å². The molecule has 31 heavy (non-hydrogen) atoms. The van der Waals surface area contributed by atoms with E-state index < -0.39 is 0 Å². The highest BCUT2D eigenvalue weighted by Crippen LogP contribution is 2.40. The molecule has 2 aliphatic rings. The van der Waals surface area contributed by atoms with Crippen molar-refractivity contribution < 1.29 is 0 Å². The summed E-state index contributed by atoms with van der Waals surface area (Å²) in [6.45, 7) is 4.22. The van der Waals surface area contributed by atoms with Crippen molar-refractivity contribution in [2.75, 3.05) is 34.8 Å². The standard InChI is InChI=1S/C23H22N8/c1-2-31-20-10-6-5-9-17(20)28-22(31)16(13-24)21-23(30-11-7-3-4-8-12-30)29-19(15-26)18(14-25)27-21/h5-6,9-10,28H,2-4,7-8,11-12H2,1H3/b22-16+. The van der Waals surface area contributed by atoms with Crippen molar-refractivity contribution in [3.8, 4) is 18.2 Å². The predicted molar refractivity (Wildman–Crippen MR) is 118 cm³/mol. The van der Waals surface area contributed by atoms with Gasteiger partial charge in [0.2, 0.25) is 0 Å². The number of anilines is 3. The maximum absolute atomic E-state index is 10.2. The van der Waals surface area contributed by atoms with Gasteiger partial charge in [0.05, 0.1) is 11.4 Å². The molecule has 0 amide bonds. The van der Waals surface area contributed by atoms with E-state index in [-0.39, 0.29) is 11.4 Å². The second-order valence-electron chi connectivity index (χ2n) is 7.44. The third-order valence-corrected chi connectivity index (χ3v) is 5.61. The fourth-order valence-corrected chi connectivity index (χ4v) is 4.13. The number of para-hydroxylation sites is 2. The number of hydrogen-bond acceptors (Lipinski definition) is 8. The van der Waals surface area contributed by atoms with Gasteiger partial charge in [-0.15, -0.1) is 0 Å². The van der Waals surface area contributed by atoms with Crippen molar-refractivity contribution in [3.63, 3.8) is 0 Å². The number of rotatable bonds is 3. The average molecular weight is 410 g/mol. The topological polar surface area (TPSA) is 116 Å². The van der Waals surface area contributed by atoms with E-state index in [9.17, 15) is 15.8 Å². The molecule has 0 spiro atoms. The predicted octanol–water partition coefficient (Wildman–Crippen LogP) is 3.74. The van der Waals surface area contributed by atoms with Crippen LogP contribution in [0.1, 0.15) is 49.7 Å². The lowest BCUT2D eigenvalue weighted by Crippen LogP contribution is -2.28. The average Bonchev–Trinajstić information content (AvgIpc) is 2.97. The van der Waals surface area contributed by atoms with Crippen LogP contribution in [0, 0.1) is 34.0 Å². The quantitative estimate of drug-likeness (QED) is 0.761. The van der Waals surface area contributed by atoms with Crippen LogP contribution in [0.25, 0.3) is 5.57 Å². The van der Waals surface area contributed by atoms with Gasteiger partial charge in [0.1, 0.15) is 35.3 Å². The maximum atomic E-state index is 10.2. The van der Waals surface area contributed by atoms with Crippen LogP contribution in [0.3, 0.4) is 0 Å². The highest BCUT2D eigenvalue weighted by molar-refractivity contribution is 5.93. The minimum absolute atomic E-state index is 0.0113. The van der Waals surface area contributed by atoms with Crippen molar-refractivity contribution >= 4 is 22.8 Å². The molecule has 1 aromatic carbocycles. The van der Waals surface area contributed by atoms with E-state index in [2.05, 4.69) is 26.3 Å². The molecule has 4 rings (SSSR count). The number of benzene rings is 1. The second-order valence-corrected chi connectivity index (χ2v) is 7.44. The molecule has 0 aliphatic carbocycles. The fraction of sp³-hybridized carbons (Fsp3) is 0.348. The number of aromatic nitrogens is 2. The summed E-state index contributed by atoms with van der Waals surface area (Å²) in [6, 6.07) is 14.1. The molecular weight excluding hydrogens is 388 g/mol. The molecule has 8 nitrogen and oxygen atoms in total. The number of hydrogen-bond donors (Lipinski definition) is 1. The van der Waals surface area contributed by atoms with Crippen molar-refractivity contribution in [2.24, 2.45) is 0 Å². The first-order valence-electron chi connectivity index (χ1n) is 10.5. The van der Waals surface area contributed by atoms with Crippen LogP contribution in [0.4, 0.5) is 17.2 Å². The number of nitrogens with zero attached hydrogens (tertiary/aromatic N) is 7. The van der Waals surface area contributed by atoms with E-state index >= 15 is 0 Å². The Morgan fingerprint density at radius 1 is 1.00 bits per heavy atom. The number of fused-ring (bicyclic) bond motifs is 1. The number of allylic oxidation sites excluding steroid dienone is 1. The molecule has 154 valence electrons. The zero-order valence-corrected chi connectivity index (χ0v) is 17.4. The van der Waals surface area contributed by atoms with Crippen LogP contribution >= 0.6 is 0 Å². The molecule has 8 heteroatoms. The number of nitriles is 3. The van der Waals surface area contributed by atoms with E-state index in [0.29, 0.717) is 29.5 Å². The molecule has 3 heterocycles. The summed E-state index contributed by atoms with van der Waals surface area (Å²) < 4.78 is 0. The number of nitrogens with one attached hydrogen (secondary N) is 1. The van der Waals surface area contributed by atoms with E-state index in [1.165, 1.54) is 0 Å². The van der Waals surface area contributed by atoms with Crippen molar-refractivity contribution in [2.45, 2.75) is 32.6 Å². The summed E-state index contributed by atoms with van der Waals surface area (Å²) in [6.07, 6.45) is 4.28. The van der Waals surface area contributed by atoms with Gasteiger partial charge in [-0.25, -0.2) is 9.97 Å². The smallest absolute Gasteiger partial charge is 0.179 e. The first-order valence-corrected chi connectivity index (χ1v) is 10.5. The zero-order chi connectivity index (χ0) is 21.8. The molecule has 0 bridgehead atoms. The van der Waals surface area contributed by atoms with Gasteiger partial charge in [-0.1, -0.05) is 25.0 Å². The fourth-order valence-electron chi connectivity index (χ4n) is 4.13. The zero-order valence-electron chi connectivity index (χ0n) is 17.4. The minimum atomic E-state index is -0.0667. The monoisotopic (exact) mass is 410 g/mol. The molecule has 1 N–H and O–H groups in total. The van der Waals surface area contributed by atoms with Gasteiger partial charge >= 0.3 is 0 Å². The molecule has 1 saturated heterocycles. The molecule has 1 aromatic heterocycles. The Labute approximate surface area is 181 Å². The van der Waals surface area contributed by atoms with Gasteiger partial charge in [-0.2, -0.15) is 15.8 Å². The maximum Gasteiger partial charge on any atom is 0.179 e. The summed E-state index contributed by atoms with van der Waals surface area (Å²) >= 11 is 0. The molecule has 0 unspecified atom stereocenters. The summed E-state index contributed by atoms with van der Waals surface area (Å²) in [7, 11) is 0. The third kappa shape index (κ3) is 3.63. The first kappa shape index (κ1) is 20.2. The minimum Gasteiger partial charge on any atom is -0.355 e. The highest BCUT2D eigenvalue weighted by Gasteiger charge is 2.30. The highest BCUT2D eigenvalue weighted by atomic mass is 15.3.